The maximum absolute atomic E-state index is 13.6. The molecule has 1 saturated heterocycles. The van der Waals surface area contributed by atoms with Crippen molar-refractivity contribution >= 4 is 11.8 Å². The molecule has 188 valence electrons. The average molecular weight is 502 g/mol. The third-order valence-corrected chi connectivity index (χ3v) is 6.08. The lowest BCUT2D eigenvalue weighted by molar-refractivity contribution is -0.189. The van der Waals surface area contributed by atoms with E-state index in [4.69, 9.17) is 15.2 Å². The summed E-state index contributed by atoms with van der Waals surface area (Å²) < 4.78 is 26.3. The number of carbonyl (C=O) groups excluding carboxylic acids is 2. The summed E-state index contributed by atoms with van der Waals surface area (Å²) >= 11 is 0. The second-order valence-corrected chi connectivity index (χ2v) is 8.47. The highest BCUT2D eigenvalue weighted by Crippen LogP contribution is 2.27. The molecule has 0 aliphatic carbocycles. The predicted octanol–water partition coefficient (Wildman–Crippen LogP) is 2.64. The van der Waals surface area contributed by atoms with Crippen LogP contribution in [-0.2, 0) is 20.7 Å². The summed E-state index contributed by atoms with van der Waals surface area (Å²) in [6.45, 7) is 0.263. The van der Waals surface area contributed by atoms with E-state index in [2.05, 4.69) is 15.4 Å². The molecule has 2 aromatic carbocycles. The molecule has 3 N–H and O–H groups in total. The molecule has 1 atom stereocenters. The minimum Gasteiger partial charge on any atom is -0.365 e. The quantitative estimate of drug-likeness (QED) is 0.383. The Morgan fingerprint density at radius 3 is 2.46 bits per heavy atom. The Morgan fingerprint density at radius 1 is 1.03 bits per heavy atom. The molecule has 9 nitrogen and oxygen atoms in total. The van der Waals surface area contributed by atoms with Crippen molar-refractivity contribution in [2.45, 2.75) is 18.2 Å². The number of aromatic nitrogens is 3. The predicted molar refractivity (Wildman–Crippen MR) is 132 cm³/mol. The van der Waals surface area contributed by atoms with Gasteiger partial charge in [-0.15, -0.1) is 0 Å². The lowest BCUT2D eigenvalue weighted by Crippen LogP contribution is -2.61. The number of primary amides is 1. The monoisotopic (exact) mass is 501 g/mol. The highest BCUT2D eigenvalue weighted by atomic mass is 19.1. The zero-order chi connectivity index (χ0) is 25.8. The van der Waals surface area contributed by atoms with Crippen molar-refractivity contribution in [2.24, 2.45) is 5.73 Å². The fourth-order valence-corrected chi connectivity index (χ4v) is 4.28. The number of hydrogen-bond donors (Lipinski definition) is 2. The summed E-state index contributed by atoms with van der Waals surface area (Å²) in [5.41, 5.74) is 8.18. The van der Waals surface area contributed by atoms with Gasteiger partial charge in [-0.3, -0.25) is 9.59 Å². The first-order valence-corrected chi connectivity index (χ1v) is 11.7. The number of benzene rings is 2. The first-order valence-electron chi connectivity index (χ1n) is 11.7. The maximum Gasteiger partial charge on any atom is 0.280 e. The van der Waals surface area contributed by atoms with E-state index in [0.717, 1.165) is 5.56 Å². The highest BCUT2D eigenvalue weighted by Gasteiger charge is 2.51. The van der Waals surface area contributed by atoms with Gasteiger partial charge in [0.15, 0.2) is 5.82 Å². The Bertz CT molecular complexity index is 1400. The molecule has 0 bridgehead atoms. The lowest BCUT2D eigenvalue weighted by atomic mass is 9.97. The standard InChI is InChI=1S/C27H24FN5O4/c28-20-10-8-18(9-11-20)17-23(27(26(29)35)36-15-16-37-27)31-25(34)21-7-4-13-30-24(21)33-14-12-22(32-33)19-5-2-1-3-6-19/h1-14,23H,15-17H2,(H2,29,35)(H,31,34). The second-order valence-electron chi connectivity index (χ2n) is 8.47. The van der Waals surface area contributed by atoms with Gasteiger partial charge >= 0.3 is 0 Å². The van der Waals surface area contributed by atoms with Gasteiger partial charge in [-0.1, -0.05) is 42.5 Å². The van der Waals surface area contributed by atoms with Crippen LogP contribution in [0.3, 0.4) is 0 Å². The highest BCUT2D eigenvalue weighted by molar-refractivity contribution is 5.98. The van der Waals surface area contributed by atoms with Gasteiger partial charge in [0.05, 0.1) is 30.5 Å². The molecule has 0 spiro atoms. The molecular weight excluding hydrogens is 477 g/mol. The van der Waals surface area contributed by atoms with Gasteiger partial charge in [0, 0.05) is 18.0 Å². The van der Waals surface area contributed by atoms with Crippen molar-refractivity contribution in [1.82, 2.24) is 20.1 Å². The Kier molecular flexibility index (Phi) is 6.76. The summed E-state index contributed by atoms with van der Waals surface area (Å²) in [7, 11) is 0. The fourth-order valence-electron chi connectivity index (χ4n) is 4.28. The van der Waals surface area contributed by atoms with Crippen LogP contribution < -0.4 is 11.1 Å². The molecule has 37 heavy (non-hydrogen) atoms. The summed E-state index contributed by atoms with van der Waals surface area (Å²) in [6.07, 6.45) is 3.37. The molecule has 1 fully saturated rings. The molecule has 1 unspecified atom stereocenters. The van der Waals surface area contributed by atoms with Crippen molar-refractivity contribution in [3.8, 4) is 17.1 Å². The van der Waals surface area contributed by atoms with Gasteiger partial charge in [0.1, 0.15) is 5.82 Å². The van der Waals surface area contributed by atoms with Crippen LogP contribution in [-0.4, -0.2) is 51.6 Å². The largest absolute Gasteiger partial charge is 0.365 e. The zero-order valence-corrected chi connectivity index (χ0v) is 19.7. The number of nitrogens with one attached hydrogen (secondary N) is 1. The molecule has 2 amide bonds. The van der Waals surface area contributed by atoms with E-state index < -0.39 is 29.5 Å². The Hall–Kier alpha value is -4.41. The molecular formula is C27H24FN5O4. The third kappa shape index (κ3) is 4.97. The molecule has 10 heteroatoms. The molecule has 0 saturated carbocycles. The summed E-state index contributed by atoms with van der Waals surface area (Å²) in [5, 5.41) is 7.43. The van der Waals surface area contributed by atoms with Crippen LogP contribution in [0.4, 0.5) is 4.39 Å². The summed E-state index contributed by atoms with van der Waals surface area (Å²) in [4.78, 5) is 30.4. The topological polar surface area (TPSA) is 121 Å². The van der Waals surface area contributed by atoms with Crippen LogP contribution in [0.5, 0.6) is 0 Å². The Balaban J connectivity index is 1.46. The van der Waals surface area contributed by atoms with Gasteiger partial charge in [-0.2, -0.15) is 5.10 Å². The van der Waals surface area contributed by atoms with Crippen LogP contribution in [0.25, 0.3) is 17.1 Å². The molecule has 4 aromatic rings. The van der Waals surface area contributed by atoms with Crippen LogP contribution in [0.1, 0.15) is 15.9 Å². The number of nitrogens with two attached hydrogens (primary N) is 1. The minimum atomic E-state index is -1.88. The summed E-state index contributed by atoms with van der Waals surface area (Å²) in [5.74, 6) is -3.39. The van der Waals surface area contributed by atoms with E-state index in [0.29, 0.717) is 17.1 Å². The number of halogens is 1. The zero-order valence-electron chi connectivity index (χ0n) is 19.7. The van der Waals surface area contributed by atoms with Crippen LogP contribution in [0.15, 0.2) is 85.2 Å². The van der Waals surface area contributed by atoms with Crippen molar-refractivity contribution in [2.75, 3.05) is 13.2 Å². The third-order valence-electron chi connectivity index (χ3n) is 6.08. The van der Waals surface area contributed by atoms with Crippen LogP contribution >= 0.6 is 0 Å². The van der Waals surface area contributed by atoms with Crippen molar-refractivity contribution in [1.29, 1.82) is 0 Å². The molecule has 3 heterocycles. The summed E-state index contributed by atoms with van der Waals surface area (Å²) in [6, 6.07) is 19.4. The molecule has 2 aromatic heterocycles. The lowest BCUT2D eigenvalue weighted by Gasteiger charge is -2.33. The number of pyridine rings is 1. The molecule has 1 aliphatic heterocycles. The molecule has 0 radical (unpaired) electrons. The normalized spacial score (nSPS) is 15.3. The number of hydrogen-bond acceptors (Lipinski definition) is 6. The first kappa shape index (κ1) is 24.3. The first-order chi connectivity index (χ1) is 18.0. The number of carbonyl (C=O) groups is 2. The van der Waals surface area contributed by atoms with E-state index in [-0.39, 0.29) is 25.2 Å². The van der Waals surface area contributed by atoms with E-state index in [1.54, 1.807) is 36.7 Å². The van der Waals surface area contributed by atoms with Crippen LogP contribution in [0, 0.1) is 5.82 Å². The van der Waals surface area contributed by atoms with E-state index >= 15 is 0 Å². The number of rotatable bonds is 8. The van der Waals surface area contributed by atoms with Gasteiger partial charge in [0.2, 0.25) is 0 Å². The SMILES string of the molecule is NC(=O)C1(C(Cc2ccc(F)cc2)NC(=O)c2cccnc2-n2ccc(-c3ccccc3)n2)OCCO1. The van der Waals surface area contributed by atoms with E-state index in [9.17, 15) is 14.0 Å². The van der Waals surface area contributed by atoms with Crippen molar-refractivity contribution in [3.63, 3.8) is 0 Å². The fraction of sp³-hybridized carbons (Fsp3) is 0.185. The van der Waals surface area contributed by atoms with Crippen molar-refractivity contribution in [3.05, 3.63) is 102 Å². The minimum absolute atomic E-state index is 0.102. The van der Waals surface area contributed by atoms with E-state index in [1.807, 2.05) is 36.4 Å². The Labute approximate surface area is 212 Å². The number of nitrogens with zero attached hydrogens (tertiary/aromatic N) is 3. The number of ether oxygens (including phenoxy) is 2. The maximum atomic E-state index is 13.6. The van der Waals surface area contributed by atoms with E-state index in [1.165, 1.54) is 16.8 Å². The van der Waals surface area contributed by atoms with Gasteiger partial charge < -0.3 is 20.5 Å². The second kappa shape index (κ2) is 10.3. The van der Waals surface area contributed by atoms with Gasteiger partial charge in [0.25, 0.3) is 17.6 Å². The van der Waals surface area contributed by atoms with Crippen LogP contribution in [0.2, 0.25) is 0 Å². The Morgan fingerprint density at radius 2 is 1.76 bits per heavy atom. The smallest absolute Gasteiger partial charge is 0.280 e. The van der Waals surface area contributed by atoms with Crippen molar-refractivity contribution < 1.29 is 23.5 Å². The molecule has 5 rings (SSSR count). The molecule has 1 aliphatic rings. The number of amides is 2. The average Bonchev–Trinajstić information content (AvgIpc) is 3.61. The van der Waals surface area contributed by atoms with Gasteiger partial charge in [-0.25, -0.2) is 14.1 Å². The van der Waals surface area contributed by atoms with Gasteiger partial charge in [-0.05, 0) is 42.3 Å².